The van der Waals surface area contributed by atoms with Crippen LogP contribution in [0.4, 0.5) is 0 Å². The van der Waals surface area contributed by atoms with E-state index in [-0.39, 0.29) is 12.3 Å². The molecule has 10 N–H and O–H groups in total. The number of aliphatic hydroxyl groups is 4. The molecule has 1 aromatic carbocycles. The number of carbonyl (C=O) groups is 4. The van der Waals surface area contributed by atoms with Gasteiger partial charge < -0.3 is 47.2 Å². The Bertz CT molecular complexity index is 937. The minimum Gasteiger partial charge on any atom is -0.481 e. The van der Waals surface area contributed by atoms with E-state index in [0.717, 1.165) is 0 Å². The molecule has 0 aliphatic carbocycles. The predicted molar refractivity (Wildman–Crippen MR) is 144 cm³/mol. The second kappa shape index (κ2) is 17.0. The highest BCUT2D eigenvalue weighted by Crippen LogP contribution is 2.18. The fourth-order valence-electron chi connectivity index (χ4n) is 3.71. The molecule has 3 amide bonds. The molecule has 0 heterocycles. The van der Waals surface area contributed by atoms with Crippen molar-refractivity contribution in [2.75, 3.05) is 18.6 Å². The van der Waals surface area contributed by atoms with Crippen LogP contribution in [0.15, 0.2) is 30.3 Å². The molecule has 13 nitrogen and oxygen atoms in total. The van der Waals surface area contributed by atoms with Gasteiger partial charge in [0, 0.05) is 5.75 Å². The van der Waals surface area contributed by atoms with Crippen molar-refractivity contribution in [3.63, 3.8) is 0 Å². The summed E-state index contributed by atoms with van der Waals surface area (Å²) in [5.74, 6) is -3.44. The van der Waals surface area contributed by atoms with E-state index in [9.17, 15) is 44.7 Å². The fraction of sp³-hybridized carbons (Fsp3) is 0.600. The van der Waals surface area contributed by atoms with E-state index in [1.807, 2.05) is 13.8 Å². The van der Waals surface area contributed by atoms with Crippen LogP contribution in [0, 0.1) is 5.92 Å². The smallest absolute Gasteiger partial charge is 0.305 e. The third-order valence-electron chi connectivity index (χ3n) is 5.80. The lowest BCUT2D eigenvalue weighted by atomic mass is 9.98. The molecule has 0 aliphatic rings. The molecule has 0 bridgehead atoms. The molecule has 220 valence electrons. The summed E-state index contributed by atoms with van der Waals surface area (Å²) in [6.45, 7) is 2.76. The van der Waals surface area contributed by atoms with E-state index in [1.54, 1.807) is 36.6 Å². The third-order valence-corrected chi connectivity index (χ3v) is 6.49. The van der Waals surface area contributed by atoms with Gasteiger partial charge in [0.15, 0.2) is 6.10 Å². The van der Waals surface area contributed by atoms with Crippen LogP contribution in [-0.4, -0.2) is 104 Å². The molecule has 0 fully saturated rings. The SMILES string of the molecule is CSCC(N)C(=O)NC(CC(C)C)C(=O)NC(CO)C(O)C(O)C(O)C(=O)NC(CC(=O)O)c1ccccc1. The maximum absolute atomic E-state index is 12.9. The number of nitrogens with two attached hydrogens (primary N) is 1. The molecule has 0 radical (unpaired) electrons. The lowest BCUT2D eigenvalue weighted by molar-refractivity contribution is -0.145. The van der Waals surface area contributed by atoms with Gasteiger partial charge in [0.1, 0.15) is 18.2 Å². The topological polar surface area (TPSA) is 232 Å². The lowest BCUT2D eigenvalue weighted by Gasteiger charge is -2.31. The summed E-state index contributed by atoms with van der Waals surface area (Å²) in [4.78, 5) is 49.2. The minimum absolute atomic E-state index is 0.0326. The van der Waals surface area contributed by atoms with Crippen LogP contribution in [0.2, 0.25) is 0 Å². The fourth-order valence-corrected chi connectivity index (χ4v) is 4.22. The first kappa shape index (κ1) is 34.3. The molecular formula is C25H40N4O9S. The summed E-state index contributed by atoms with van der Waals surface area (Å²) < 4.78 is 0. The summed E-state index contributed by atoms with van der Waals surface area (Å²) >= 11 is 1.35. The molecule has 0 spiro atoms. The number of carboxylic acids is 1. The molecular weight excluding hydrogens is 532 g/mol. The van der Waals surface area contributed by atoms with Gasteiger partial charge in [0.05, 0.1) is 31.2 Å². The first-order valence-corrected chi connectivity index (χ1v) is 13.8. The number of rotatable bonds is 17. The van der Waals surface area contributed by atoms with Crippen LogP contribution < -0.4 is 21.7 Å². The Hall–Kier alpha value is -2.75. The Labute approximate surface area is 231 Å². The van der Waals surface area contributed by atoms with Gasteiger partial charge in [-0.15, -0.1) is 0 Å². The van der Waals surface area contributed by atoms with Crippen molar-refractivity contribution in [1.82, 2.24) is 16.0 Å². The van der Waals surface area contributed by atoms with Gasteiger partial charge >= 0.3 is 5.97 Å². The maximum atomic E-state index is 12.9. The predicted octanol–water partition coefficient (Wildman–Crippen LogP) is -1.90. The second-order valence-electron chi connectivity index (χ2n) is 9.55. The van der Waals surface area contributed by atoms with Gasteiger partial charge in [-0.1, -0.05) is 44.2 Å². The van der Waals surface area contributed by atoms with E-state index in [2.05, 4.69) is 16.0 Å². The van der Waals surface area contributed by atoms with Crippen molar-refractivity contribution in [2.24, 2.45) is 11.7 Å². The molecule has 1 rings (SSSR count). The summed E-state index contributed by atoms with van der Waals surface area (Å²) in [5.41, 5.74) is 6.24. The first-order valence-electron chi connectivity index (χ1n) is 12.4. The number of nitrogens with one attached hydrogen (secondary N) is 3. The number of benzene rings is 1. The molecule has 7 unspecified atom stereocenters. The zero-order chi connectivity index (χ0) is 29.7. The number of hydrogen-bond acceptors (Lipinski definition) is 10. The lowest BCUT2D eigenvalue weighted by Crippen LogP contribution is -2.60. The Kier molecular flexibility index (Phi) is 15.0. The number of thioether (sulfide) groups is 1. The van der Waals surface area contributed by atoms with E-state index in [4.69, 9.17) is 5.73 Å². The molecule has 14 heteroatoms. The molecule has 39 heavy (non-hydrogen) atoms. The van der Waals surface area contributed by atoms with Crippen LogP contribution in [0.25, 0.3) is 0 Å². The number of hydrogen-bond donors (Lipinski definition) is 9. The van der Waals surface area contributed by atoms with Crippen molar-refractivity contribution < 1.29 is 44.7 Å². The number of aliphatic carboxylic acids is 1. The van der Waals surface area contributed by atoms with Crippen LogP contribution >= 0.6 is 11.8 Å². The van der Waals surface area contributed by atoms with Crippen LogP contribution in [0.5, 0.6) is 0 Å². The van der Waals surface area contributed by atoms with Gasteiger partial charge in [-0.3, -0.25) is 19.2 Å². The van der Waals surface area contributed by atoms with Gasteiger partial charge in [0.2, 0.25) is 11.8 Å². The minimum atomic E-state index is -2.23. The highest BCUT2D eigenvalue weighted by atomic mass is 32.2. The zero-order valence-corrected chi connectivity index (χ0v) is 23.0. The van der Waals surface area contributed by atoms with Crippen molar-refractivity contribution in [1.29, 1.82) is 0 Å². The van der Waals surface area contributed by atoms with Gasteiger partial charge in [-0.05, 0) is 24.2 Å². The third kappa shape index (κ3) is 11.5. The number of amides is 3. The van der Waals surface area contributed by atoms with Crippen molar-refractivity contribution >= 4 is 35.5 Å². The Balaban J connectivity index is 2.94. The number of carboxylic acid groups (broad SMARTS) is 1. The Morgan fingerprint density at radius 3 is 2.05 bits per heavy atom. The van der Waals surface area contributed by atoms with E-state index in [1.165, 1.54) is 11.8 Å². The van der Waals surface area contributed by atoms with Crippen LogP contribution in [0.1, 0.15) is 38.3 Å². The highest BCUT2D eigenvalue weighted by molar-refractivity contribution is 7.98. The average Bonchev–Trinajstić information content (AvgIpc) is 2.89. The maximum Gasteiger partial charge on any atom is 0.305 e. The number of aliphatic hydroxyl groups excluding tert-OH is 4. The summed E-state index contributed by atoms with van der Waals surface area (Å²) in [6, 6.07) is 3.60. The first-order chi connectivity index (χ1) is 18.3. The van der Waals surface area contributed by atoms with Crippen LogP contribution in [-0.2, 0) is 19.2 Å². The zero-order valence-electron chi connectivity index (χ0n) is 22.2. The molecule has 1 aromatic rings. The Morgan fingerprint density at radius 1 is 0.923 bits per heavy atom. The molecule has 0 aliphatic heterocycles. The highest BCUT2D eigenvalue weighted by Gasteiger charge is 2.37. The van der Waals surface area contributed by atoms with Crippen LogP contribution in [0.3, 0.4) is 0 Å². The number of carbonyl (C=O) groups excluding carboxylic acids is 3. The normalized spacial score (nSPS) is 16.7. The van der Waals surface area contributed by atoms with Gasteiger partial charge in [-0.2, -0.15) is 11.8 Å². The summed E-state index contributed by atoms with van der Waals surface area (Å²) in [7, 11) is 0. The summed E-state index contributed by atoms with van der Waals surface area (Å²) in [5, 5.41) is 57.6. The Morgan fingerprint density at radius 2 is 1.54 bits per heavy atom. The van der Waals surface area contributed by atoms with Crippen molar-refractivity contribution in [2.45, 2.75) is 69.2 Å². The quantitative estimate of drug-likeness (QED) is 0.100. The van der Waals surface area contributed by atoms with Crippen molar-refractivity contribution in [3.05, 3.63) is 35.9 Å². The molecule has 0 saturated carbocycles. The van der Waals surface area contributed by atoms with E-state index < -0.39 is 79.2 Å². The van der Waals surface area contributed by atoms with Gasteiger partial charge in [-0.25, -0.2) is 0 Å². The largest absolute Gasteiger partial charge is 0.481 e. The molecule has 0 saturated heterocycles. The average molecular weight is 573 g/mol. The van der Waals surface area contributed by atoms with E-state index >= 15 is 0 Å². The van der Waals surface area contributed by atoms with Gasteiger partial charge in [0.25, 0.3) is 5.91 Å². The summed E-state index contributed by atoms with van der Waals surface area (Å²) in [6.07, 6.45) is -4.95. The standard InChI is InChI=1S/C25H40N4O9S/c1-13(2)9-17(28-23(36)15(26)12-39-3)24(37)29-18(11-30)20(33)21(34)22(35)25(38)27-16(10-19(31)32)14-7-5-4-6-8-14/h4-8,13,15-18,20-22,30,33-35H,9-12,26H2,1-3H3,(H,27,38)(H,28,36)(H,29,37)(H,31,32). The monoisotopic (exact) mass is 572 g/mol. The molecule has 0 aromatic heterocycles. The van der Waals surface area contributed by atoms with Crippen molar-refractivity contribution in [3.8, 4) is 0 Å². The van der Waals surface area contributed by atoms with E-state index in [0.29, 0.717) is 11.3 Å². The second-order valence-corrected chi connectivity index (χ2v) is 10.5. The molecule has 7 atom stereocenters.